The first-order valence-electron chi connectivity index (χ1n) is 20.9. The lowest BCUT2D eigenvalue weighted by atomic mass is 9.88. The Kier molecular flexibility index (Phi) is 9.19. The monoisotopic (exact) mass is 758 g/mol. The number of aryl methyl sites for hydroxylation is 2. The van der Waals surface area contributed by atoms with E-state index in [0.717, 1.165) is 12.1 Å². The molecule has 0 saturated carbocycles. The van der Waals surface area contributed by atoms with Crippen molar-refractivity contribution < 1.29 is 0 Å². The van der Waals surface area contributed by atoms with Gasteiger partial charge < -0.3 is 9.13 Å². The number of rotatable bonds is 6. The Morgan fingerprint density at radius 3 is 1.59 bits per heavy atom. The fourth-order valence-electron chi connectivity index (χ4n) is 9.30. The second kappa shape index (κ2) is 15.0. The molecule has 8 aromatic carbocycles. The van der Waals surface area contributed by atoms with Gasteiger partial charge in [0.05, 0.1) is 16.6 Å². The molecule has 0 N–H and O–H groups in total. The maximum atomic E-state index is 2.46. The van der Waals surface area contributed by atoms with Gasteiger partial charge in [0.1, 0.15) is 0 Å². The summed E-state index contributed by atoms with van der Waals surface area (Å²) in [5.41, 5.74) is 21.2. The molecule has 2 aromatic heterocycles. The van der Waals surface area contributed by atoms with E-state index < -0.39 is 0 Å². The van der Waals surface area contributed by atoms with Crippen molar-refractivity contribution in [3.63, 3.8) is 0 Å². The zero-order valence-corrected chi connectivity index (χ0v) is 34.1. The normalized spacial score (nSPS) is 11.9. The van der Waals surface area contributed by atoms with E-state index in [0.29, 0.717) is 0 Å². The maximum Gasteiger partial charge on any atom is 0.0541 e. The molecule has 0 aliphatic heterocycles. The molecule has 0 spiro atoms. The first-order valence-corrected chi connectivity index (χ1v) is 20.9. The largest absolute Gasteiger partial charge is 0.313 e. The van der Waals surface area contributed by atoms with Gasteiger partial charge in [-0.05, 0) is 130 Å². The Hall–Kier alpha value is -7.16. The van der Waals surface area contributed by atoms with Gasteiger partial charge in [0.15, 0.2) is 0 Å². The van der Waals surface area contributed by atoms with Gasteiger partial charge in [-0.1, -0.05) is 147 Å². The van der Waals surface area contributed by atoms with Gasteiger partial charge in [0.2, 0.25) is 0 Å². The average molecular weight is 759 g/mol. The minimum atomic E-state index is 0.930. The van der Waals surface area contributed by atoms with Gasteiger partial charge in [-0.25, -0.2) is 0 Å². The fraction of sp³-hybridized carbons (Fsp3) is 0.0877. The number of hydrogen-bond donors (Lipinski definition) is 0. The first-order chi connectivity index (χ1) is 29.1. The van der Waals surface area contributed by atoms with Crippen LogP contribution in [-0.2, 0) is 6.42 Å². The highest BCUT2D eigenvalue weighted by Crippen LogP contribution is 2.42. The highest BCUT2D eigenvalue weighted by Gasteiger charge is 2.21. The third-order valence-electron chi connectivity index (χ3n) is 12.0. The van der Waals surface area contributed by atoms with E-state index in [1.54, 1.807) is 0 Å². The van der Waals surface area contributed by atoms with Crippen molar-refractivity contribution in [2.75, 3.05) is 0 Å². The molecular weight excluding hydrogens is 713 g/mol. The standard InChI is InChI=1S/C55H40N2.C2H6/c1-36-13-9-10-19-45(36)55-37(2)14-11-20-46(55)42-27-32-54-50(35-42)49-34-41(26-31-53(49)56(54)43-17-7-4-8-18-43)40-25-30-52-48(33-40)47-21-12-22-51(47)57(52)44-28-23-39(24-29-44)38-15-5-3-6-16-38;1-2/h3-21,23-35H,22H2,1-2H3;1-2H3. The molecule has 11 rings (SSSR count). The van der Waals surface area contributed by atoms with Crippen LogP contribution in [0.25, 0.3) is 94.7 Å². The summed E-state index contributed by atoms with van der Waals surface area (Å²) in [6.45, 7) is 8.44. The summed E-state index contributed by atoms with van der Waals surface area (Å²) < 4.78 is 4.87. The third kappa shape index (κ3) is 6.11. The maximum absolute atomic E-state index is 2.46. The molecule has 284 valence electrons. The molecule has 0 atom stereocenters. The van der Waals surface area contributed by atoms with Gasteiger partial charge in [0, 0.05) is 45.2 Å². The Morgan fingerprint density at radius 1 is 0.390 bits per heavy atom. The molecule has 0 unspecified atom stereocenters. The molecule has 0 amide bonds. The van der Waals surface area contributed by atoms with Gasteiger partial charge >= 0.3 is 0 Å². The van der Waals surface area contributed by atoms with Crippen molar-refractivity contribution >= 4 is 38.8 Å². The second-order valence-electron chi connectivity index (χ2n) is 15.4. The first kappa shape index (κ1) is 36.2. The summed E-state index contributed by atoms with van der Waals surface area (Å²) in [7, 11) is 0. The molecule has 1 aliphatic carbocycles. The lowest BCUT2D eigenvalue weighted by Crippen LogP contribution is -1.98. The highest BCUT2D eigenvalue weighted by atomic mass is 15.0. The van der Waals surface area contributed by atoms with Crippen LogP contribution in [0.1, 0.15) is 36.2 Å². The molecule has 0 radical (unpaired) electrons. The molecule has 1 aliphatic rings. The SMILES string of the molecule is CC.Cc1ccccc1-c1c(C)cccc1-c1ccc2c(c1)c1cc(-c3ccc4c(c3)c3c(n4-c4ccc(-c5ccccc5)cc4)CC=C3)ccc1n2-c1ccccc1. The number of nitrogens with zero attached hydrogens (tertiary/aromatic N) is 2. The van der Waals surface area contributed by atoms with E-state index in [9.17, 15) is 0 Å². The zero-order valence-electron chi connectivity index (χ0n) is 34.1. The molecular formula is C57H46N2. The van der Waals surface area contributed by atoms with Crippen LogP contribution in [0.15, 0.2) is 188 Å². The topological polar surface area (TPSA) is 9.86 Å². The molecule has 0 saturated heterocycles. The van der Waals surface area contributed by atoms with E-state index in [4.69, 9.17) is 0 Å². The lowest BCUT2D eigenvalue weighted by Gasteiger charge is -2.16. The van der Waals surface area contributed by atoms with Crippen molar-refractivity contribution in [2.45, 2.75) is 34.1 Å². The Morgan fingerprint density at radius 2 is 0.898 bits per heavy atom. The summed E-state index contributed by atoms with van der Waals surface area (Å²) in [6, 6.07) is 66.9. The van der Waals surface area contributed by atoms with E-state index in [2.05, 4.69) is 217 Å². The van der Waals surface area contributed by atoms with E-state index in [1.807, 2.05) is 13.8 Å². The molecule has 0 fully saturated rings. The van der Waals surface area contributed by atoms with Gasteiger partial charge in [-0.2, -0.15) is 0 Å². The number of para-hydroxylation sites is 1. The quantitative estimate of drug-likeness (QED) is 0.160. The Bertz CT molecular complexity index is 3190. The summed E-state index contributed by atoms with van der Waals surface area (Å²) >= 11 is 0. The lowest BCUT2D eigenvalue weighted by molar-refractivity contribution is 1.01. The molecule has 10 aromatic rings. The summed E-state index contributed by atoms with van der Waals surface area (Å²) in [5.74, 6) is 0. The summed E-state index contributed by atoms with van der Waals surface area (Å²) in [6.07, 6.45) is 5.54. The molecule has 2 nitrogen and oxygen atoms in total. The summed E-state index contributed by atoms with van der Waals surface area (Å²) in [5, 5.41) is 3.79. The van der Waals surface area contributed by atoms with Crippen LogP contribution < -0.4 is 0 Å². The van der Waals surface area contributed by atoms with E-state index >= 15 is 0 Å². The fourth-order valence-corrected chi connectivity index (χ4v) is 9.30. The predicted octanol–water partition coefficient (Wildman–Crippen LogP) is 15.6. The molecule has 2 heteroatoms. The second-order valence-corrected chi connectivity index (χ2v) is 15.4. The minimum absolute atomic E-state index is 0.930. The number of benzene rings is 8. The molecule has 59 heavy (non-hydrogen) atoms. The highest BCUT2D eigenvalue weighted by molar-refractivity contribution is 6.12. The van der Waals surface area contributed by atoms with E-state index in [-0.39, 0.29) is 0 Å². The van der Waals surface area contributed by atoms with Crippen molar-refractivity contribution in [2.24, 2.45) is 0 Å². The van der Waals surface area contributed by atoms with Crippen molar-refractivity contribution in [3.8, 4) is 55.9 Å². The van der Waals surface area contributed by atoms with Crippen molar-refractivity contribution in [3.05, 3.63) is 210 Å². The van der Waals surface area contributed by atoms with Gasteiger partial charge in [-0.3, -0.25) is 0 Å². The van der Waals surface area contributed by atoms with Crippen LogP contribution in [-0.4, -0.2) is 9.13 Å². The average Bonchev–Trinajstić information content (AvgIpc) is 3.99. The number of aromatic nitrogens is 2. The van der Waals surface area contributed by atoms with Crippen LogP contribution in [0.4, 0.5) is 0 Å². The zero-order chi connectivity index (χ0) is 40.0. The van der Waals surface area contributed by atoms with Gasteiger partial charge in [-0.15, -0.1) is 0 Å². The van der Waals surface area contributed by atoms with E-state index in [1.165, 1.54) is 105 Å². The minimum Gasteiger partial charge on any atom is -0.313 e. The van der Waals surface area contributed by atoms with Crippen LogP contribution in [0.5, 0.6) is 0 Å². The Balaban J connectivity index is 0.00000207. The molecule has 2 heterocycles. The van der Waals surface area contributed by atoms with Gasteiger partial charge in [0.25, 0.3) is 0 Å². The number of allylic oxidation sites excluding steroid dienone is 1. The van der Waals surface area contributed by atoms with Crippen LogP contribution in [0.3, 0.4) is 0 Å². The van der Waals surface area contributed by atoms with Crippen molar-refractivity contribution in [1.29, 1.82) is 0 Å². The van der Waals surface area contributed by atoms with Crippen LogP contribution >= 0.6 is 0 Å². The smallest absolute Gasteiger partial charge is 0.0541 e. The predicted molar refractivity (Wildman–Crippen MR) is 253 cm³/mol. The van der Waals surface area contributed by atoms with Crippen molar-refractivity contribution in [1.82, 2.24) is 9.13 Å². The number of fused-ring (bicyclic) bond motifs is 6. The van der Waals surface area contributed by atoms with Crippen LogP contribution in [0, 0.1) is 13.8 Å². The molecule has 0 bridgehead atoms. The Labute approximate surface area is 347 Å². The van der Waals surface area contributed by atoms with Crippen LogP contribution in [0.2, 0.25) is 0 Å². The summed E-state index contributed by atoms with van der Waals surface area (Å²) in [4.78, 5) is 0. The number of hydrogen-bond acceptors (Lipinski definition) is 0. The third-order valence-corrected chi connectivity index (χ3v) is 12.0.